The van der Waals surface area contributed by atoms with Gasteiger partial charge in [0, 0.05) is 19.5 Å². The van der Waals surface area contributed by atoms with Crippen LogP contribution in [0.5, 0.6) is 0 Å². The standard InChI is InChI=1S/C14H28N2O2/c1-6-11(4)12(8-7-9-17)16-13(10(2)3)14(18)15-5/h9-13,16H,6-8H2,1-5H3,(H,15,18)/t11?,12?,13-/m0/s1. The zero-order valence-corrected chi connectivity index (χ0v) is 12.3. The number of aldehydes is 1. The van der Waals surface area contributed by atoms with Crippen LogP contribution in [0.4, 0.5) is 0 Å². The van der Waals surface area contributed by atoms with E-state index in [2.05, 4.69) is 24.5 Å². The third kappa shape index (κ3) is 5.63. The van der Waals surface area contributed by atoms with Crippen LogP contribution in [0.25, 0.3) is 0 Å². The van der Waals surface area contributed by atoms with Crippen molar-refractivity contribution in [3.8, 4) is 0 Å². The highest BCUT2D eigenvalue weighted by atomic mass is 16.2. The Morgan fingerprint density at radius 3 is 2.28 bits per heavy atom. The van der Waals surface area contributed by atoms with Crippen molar-refractivity contribution >= 4 is 12.2 Å². The summed E-state index contributed by atoms with van der Waals surface area (Å²) in [6, 6.07) is 0.0190. The van der Waals surface area contributed by atoms with Gasteiger partial charge in [0.2, 0.25) is 5.91 Å². The first-order valence-electron chi connectivity index (χ1n) is 6.89. The molecular formula is C14H28N2O2. The molecule has 0 aliphatic heterocycles. The second kappa shape index (κ2) is 9.09. The summed E-state index contributed by atoms with van der Waals surface area (Å²) in [6.07, 6.45) is 3.32. The Bertz CT molecular complexity index is 254. The molecule has 0 radical (unpaired) electrons. The lowest BCUT2D eigenvalue weighted by atomic mass is 9.92. The highest BCUT2D eigenvalue weighted by Gasteiger charge is 2.26. The molecule has 0 heterocycles. The maximum absolute atomic E-state index is 11.8. The molecule has 0 rings (SSSR count). The van der Waals surface area contributed by atoms with E-state index < -0.39 is 0 Å². The molecule has 4 heteroatoms. The summed E-state index contributed by atoms with van der Waals surface area (Å²) in [5, 5.41) is 6.11. The molecule has 0 aliphatic rings. The van der Waals surface area contributed by atoms with Gasteiger partial charge in [0.15, 0.2) is 0 Å². The SMILES string of the molecule is CCC(C)C(CCC=O)N[C@H](C(=O)NC)C(C)C. The van der Waals surface area contributed by atoms with E-state index in [-0.39, 0.29) is 23.9 Å². The molecule has 18 heavy (non-hydrogen) atoms. The molecule has 0 bridgehead atoms. The van der Waals surface area contributed by atoms with E-state index in [0.29, 0.717) is 12.3 Å². The van der Waals surface area contributed by atoms with Gasteiger partial charge in [-0.2, -0.15) is 0 Å². The van der Waals surface area contributed by atoms with Crippen LogP contribution in [-0.2, 0) is 9.59 Å². The van der Waals surface area contributed by atoms with Gasteiger partial charge in [0.1, 0.15) is 6.29 Å². The number of carbonyl (C=O) groups excluding carboxylic acids is 2. The zero-order chi connectivity index (χ0) is 14.1. The third-order valence-corrected chi connectivity index (χ3v) is 3.52. The summed E-state index contributed by atoms with van der Waals surface area (Å²) in [5.74, 6) is 0.702. The number of nitrogens with one attached hydrogen (secondary N) is 2. The summed E-state index contributed by atoms with van der Waals surface area (Å²) in [6.45, 7) is 8.34. The zero-order valence-electron chi connectivity index (χ0n) is 12.3. The first-order valence-corrected chi connectivity index (χ1v) is 6.89. The summed E-state index contributed by atoms with van der Waals surface area (Å²) in [7, 11) is 1.66. The molecule has 106 valence electrons. The van der Waals surface area contributed by atoms with Crippen molar-refractivity contribution in [3.63, 3.8) is 0 Å². The minimum absolute atomic E-state index is 0.0180. The van der Waals surface area contributed by atoms with E-state index >= 15 is 0 Å². The van der Waals surface area contributed by atoms with Gasteiger partial charge >= 0.3 is 0 Å². The van der Waals surface area contributed by atoms with E-state index in [1.807, 2.05) is 13.8 Å². The number of hydrogen-bond donors (Lipinski definition) is 2. The van der Waals surface area contributed by atoms with Crippen LogP contribution in [-0.4, -0.2) is 31.3 Å². The highest BCUT2D eigenvalue weighted by molar-refractivity contribution is 5.81. The Kier molecular flexibility index (Phi) is 8.63. The molecule has 0 aromatic carbocycles. The maximum Gasteiger partial charge on any atom is 0.237 e. The number of rotatable bonds is 9. The van der Waals surface area contributed by atoms with E-state index in [1.165, 1.54) is 0 Å². The van der Waals surface area contributed by atoms with Gasteiger partial charge in [-0.25, -0.2) is 0 Å². The topological polar surface area (TPSA) is 58.2 Å². The van der Waals surface area contributed by atoms with Crippen molar-refractivity contribution in [2.75, 3.05) is 7.05 Å². The molecule has 2 unspecified atom stereocenters. The lowest BCUT2D eigenvalue weighted by Gasteiger charge is -2.30. The Morgan fingerprint density at radius 2 is 1.89 bits per heavy atom. The highest BCUT2D eigenvalue weighted by Crippen LogP contribution is 2.15. The van der Waals surface area contributed by atoms with E-state index in [4.69, 9.17) is 0 Å². The van der Waals surface area contributed by atoms with Crippen molar-refractivity contribution in [3.05, 3.63) is 0 Å². The van der Waals surface area contributed by atoms with Crippen LogP contribution in [0, 0.1) is 11.8 Å². The molecule has 0 aliphatic carbocycles. The van der Waals surface area contributed by atoms with E-state index in [0.717, 1.165) is 19.1 Å². The van der Waals surface area contributed by atoms with Crippen molar-refractivity contribution < 1.29 is 9.59 Å². The monoisotopic (exact) mass is 256 g/mol. The number of amides is 1. The summed E-state index contributed by atoms with van der Waals surface area (Å²) >= 11 is 0. The number of hydrogen-bond acceptors (Lipinski definition) is 3. The van der Waals surface area contributed by atoms with Crippen molar-refractivity contribution in [2.24, 2.45) is 11.8 Å². The largest absolute Gasteiger partial charge is 0.358 e. The van der Waals surface area contributed by atoms with Crippen LogP contribution >= 0.6 is 0 Å². The first kappa shape index (κ1) is 17.1. The average molecular weight is 256 g/mol. The van der Waals surface area contributed by atoms with Gasteiger partial charge < -0.3 is 15.4 Å². The Balaban J connectivity index is 4.67. The minimum atomic E-state index is -0.194. The van der Waals surface area contributed by atoms with Crippen LogP contribution in [0.15, 0.2) is 0 Å². The molecular weight excluding hydrogens is 228 g/mol. The van der Waals surface area contributed by atoms with E-state index in [1.54, 1.807) is 7.05 Å². The fraction of sp³-hybridized carbons (Fsp3) is 0.857. The summed E-state index contributed by atoms with van der Waals surface area (Å²) < 4.78 is 0. The minimum Gasteiger partial charge on any atom is -0.358 e. The first-order chi connectivity index (χ1) is 8.47. The van der Waals surface area contributed by atoms with Crippen LogP contribution < -0.4 is 10.6 Å². The van der Waals surface area contributed by atoms with Gasteiger partial charge in [-0.15, -0.1) is 0 Å². The fourth-order valence-corrected chi connectivity index (χ4v) is 2.02. The number of carbonyl (C=O) groups is 2. The van der Waals surface area contributed by atoms with Gasteiger partial charge in [-0.05, 0) is 18.3 Å². The predicted molar refractivity (Wildman–Crippen MR) is 74.4 cm³/mol. The molecule has 3 atom stereocenters. The normalized spacial score (nSPS) is 16.1. The predicted octanol–water partition coefficient (Wildman–Crippen LogP) is 1.74. The van der Waals surface area contributed by atoms with Gasteiger partial charge in [-0.1, -0.05) is 34.1 Å². The lowest BCUT2D eigenvalue weighted by Crippen LogP contribution is -2.52. The van der Waals surface area contributed by atoms with Crippen molar-refractivity contribution in [2.45, 2.75) is 59.0 Å². The van der Waals surface area contributed by atoms with Gasteiger partial charge in [-0.3, -0.25) is 4.79 Å². The molecule has 0 fully saturated rings. The lowest BCUT2D eigenvalue weighted by molar-refractivity contribution is -0.124. The summed E-state index contributed by atoms with van der Waals surface area (Å²) in [4.78, 5) is 22.4. The Morgan fingerprint density at radius 1 is 1.28 bits per heavy atom. The maximum atomic E-state index is 11.8. The molecule has 0 saturated heterocycles. The summed E-state index contributed by atoms with van der Waals surface area (Å²) in [5.41, 5.74) is 0. The molecule has 0 aromatic heterocycles. The molecule has 0 aromatic rings. The fourth-order valence-electron chi connectivity index (χ4n) is 2.02. The molecule has 0 spiro atoms. The van der Waals surface area contributed by atoms with Gasteiger partial charge in [0.05, 0.1) is 6.04 Å². The number of likely N-dealkylation sites (N-methyl/N-ethyl adjacent to an activating group) is 1. The van der Waals surface area contributed by atoms with Crippen molar-refractivity contribution in [1.82, 2.24) is 10.6 Å². The molecule has 2 N–H and O–H groups in total. The molecule has 0 saturated carbocycles. The average Bonchev–Trinajstić information content (AvgIpc) is 2.36. The smallest absolute Gasteiger partial charge is 0.237 e. The third-order valence-electron chi connectivity index (χ3n) is 3.52. The van der Waals surface area contributed by atoms with Crippen LogP contribution in [0.2, 0.25) is 0 Å². The van der Waals surface area contributed by atoms with Crippen LogP contribution in [0.3, 0.4) is 0 Å². The quantitative estimate of drug-likeness (QED) is 0.618. The Labute approximate surface area is 111 Å². The van der Waals surface area contributed by atoms with Crippen molar-refractivity contribution in [1.29, 1.82) is 0 Å². The van der Waals surface area contributed by atoms with Gasteiger partial charge in [0.25, 0.3) is 0 Å². The van der Waals surface area contributed by atoms with Crippen LogP contribution in [0.1, 0.15) is 47.0 Å². The van der Waals surface area contributed by atoms with E-state index in [9.17, 15) is 9.59 Å². The second-order valence-electron chi connectivity index (χ2n) is 5.24. The Hall–Kier alpha value is -0.900. The second-order valence-corrected chi connectivity index (χ2v) is 5.24. The molecule has 4 nitrogen and oxygen atoms in total. The molecule has 1 amide bonds.